The number of rotatable bonds is 1. The first-order valence-corrected chi connectivity index (χ1v) is 22.8. The molecule has 61 heavy (non-hydrogen) atoms. The van der Waals surface area contributed by atoms with Crippen molar-refractivity contribution in [2.24, 2.45) is 0 Å². The van der Waals surface area contributed by atoms with Gasteiger partial charge in [0.1, 0.15) is 0 Å². The monoisotopic (exact) mass is 805 g/mol. The Bertz CT molecular complexity index is 3790. The fourth-order valence-electron chi connectivity index (χ4n) is 12.0. The summed E-state index contributed by atoms with van der Waals surface area (Å²) in [5.74, 6) is 0. The van der Waals surface area contributed by atoms with Crippen molar-refractivity contribution in [2.75, 3.05) is 0 Å². The highest BCUT2D eigenvalue weighted by Crippen LogP contribution is 2.44. The molecule has 7 heteroatoms. The Morgan fingerprint density at radius 3 is 1.30 bits per heavy atom. The van der Waals surface area contributed by atoms with Gasteiger partial charge in [0.25, 0.3) is 0 Å². The molecule has 3 nitrogen and oxygen atoms in total. The van der Waals surface area contributed by atoms with E-state index in [0.29, 0.717) is 0 Å². The Hall–Kier alpha value is -6.79. The molecule has 0 bridgehead atoms. The van der Waals surface area contributed by atoms with Crippen molar-refractivity contribution in [3.05, 3.63) is 176 Å². The minimum Gasteiger partial charge on any atom is -0.310 e. The molecule has 0 amide bonds. The summed E-state index contributed by atoms with van der Waals surface area (Å²) in [7, 11) is 0. The van der Waals surface area contributed by atoms with Crippen LogP contribution in [0.4, 0.5) is 0 Å². The highest BCUT2D eigenvalue weighted by atomic mass is 32.2. The van der Waals surface area contributed by atoms with Gasteiger partial charge in [0.2, 0.25) is 13.4 Å². The molecule has 0 N–H and O–H groups in total. The number of hydrogen-bond donors (Lipinski definition) is 0. The van der Waals surface area contributed by atoms with E-state index in [1.165, 1.54) is 135 Å². The summed E-state index contributed by atoms with van der Waals surface area (Å²) in [5.41, 5.74) is 20.0. The largest absolute Gasteiger partial charge is 0.310 e. The summed E-state index contributed by atoms with van der Waals surface area (Å²) in [4.78, 5) is 5.38. The molecule has 4 aliphatic heterocycles. The molecule has 0 radical (unpaired) electrons. The SMILES string of the molecule is c1ccc(-n2c3cc4c(cc3c3cc5c(cc32)Sc2cccc3c2B5c2cccc5c6ccccc6n-3c25)B2c3c(cccc3-n3c5ccccc5c5cccc2c53)S4)cc1. The zero-order valence-electron chi connectivity index (χ0n) is 32.6. The molecule has 0 aliphatic carbocycles. The number of nitrogens with zero attached hydrogens (tertiary/aromatic N) is 3. The van der Waals surface area contributed by atoms with Crippen molar-refractivity contribution in [3.63, 3.8) is 0 Å². The first kappa shape index (κ1) is 32.0. The zero-order valence-corrected chi connectivity index (χ0v) is 34.2. The van der Waals surface area contributed by atoms with E-state index in [2.05, 4.69) is 190 Å². The van der Waals surface area contributed by atoms with Crippen LogP contribution in [0.2, 0.25) is 0 Å². The smallest absolute Gasteiger partial charge is 0.249 e. The maximum Gasteiger partial charge on any atom is 0.249 e. The minimum absolute atomic E-state index is 0.128. The van der Waals surface area contributed by atoms with E-state index < -0.39 is 0 Å². The second-order valence-corrected chi connectivity index (χ2v) is 19.3. The molecule has 7 heterocycles. The van der Waals surface area contributed by atoms with Gasteiger partial charge in [-0.1, -0.05) is 150 Å². The third kappa shape index (κ3) is 3.82. The van der Waals surface area contributed by atoms with Crippen LogP contribution < -0.4 is 32.8 Å². The maximum atomic E-state index is 2.59. The van der Waals surface area contributed by atoms with Crippen LogP contribution in [0.15, 0.2) is 196 Å². The molecule has 278 valence electrons. The Kier molecular flexibility index (Phi) is 5.84. The molecule has 3 aromatic heterocycles. The van der Waals surface area contributed by atoms with Crippen LogP contribution in [-0.4, -0.2) is 27.1 Å². The van der Waals surface area contributed by atoms with Crippen LogP contribution in [0.25, 0.3) is 82.5 Å². The minimum atomic E-state index is 0.128. The fourth-order valence-corrected chi connectivity index (χ4v) is 14.4. The maximum absolute atomic E-state index is 2.59. The quantitative estimate of drug-likeness (QED) is 0.154. The van der Waals surface area contributed by atoms with Gasteiger partial charge in [0.05, 0.1) is 22.1 Å². The van der Waals surface area contributed by atoms with Gasteiger partial charge in [-0.05, 0) is 82.5 Å². The van der Waals surface area contributed by atoms with E-state index in [0.717, 1.165) is 0 Å². The first-order chi connectivity index (χ1) is 30.3. The van der Waals surface area contributed by atoms with Gasteiger partial charge < -0.3 is 13.7 Å². The molecule has 0 saturated carbocycles. The molecule has 0 atom stereocenters. The van der Waals surface area contributed by atoms with Gasteiger partial charge in [-0.15, -0.1) is 0 Å². The molecule has 0 unspecified atom stereocenters. The highest BCUT2D eigenvalue weighted by molar-refractivity contribution is 8.00. The van der Waals surface area contributed by atoms with Crippen molar-refractivity contribution in [2.45, 2.75) is 19.6 Å². The molecule has 0 spiro atoms. The second kappa shape index (κ2) is 11.1. The molecule has 9 aromatic carbocycles. The van der Waals surface area contributed by atoms with Gasteiger partial charge >= 0.3 is 0 Å². The van der Waals surface area contributed by atoms with Gasteiger partial charge in [-0.25, -0.2) is 0 Å². The van der Waals surface area contributed by atoms with Crippen molar-refractivity contribution < 1.29 is 0 Å². The van der Waals surface area contributed by atoms with Crippen LogP contribution in [0.1, 0.15) is 0 Å². The average Bonchev–Trinajstić information content (AvgIpc) is 3.94. The fraction of sp³-hybridized carbons (Fsp3) is 0. The summed E-state index contributed by atoms with van der Waals surface area (Å²) in [6.07, 6.45) is 0. The third-order valence-corrected chi connectivity index (χ3v) is 16.6. The van der Waals surface area contributed by atoms with E-state index in [1.54, 1.807) is 0 Å². The number of aromatic nitrogens is 3. The summed E-state index contributed by atoms with van der Waals surface area (Å²) in [6.45, 7) is 0.256. The summed E-state index contributed by atoms with van der Waals surface area (Å²) < 4.78 is 7.62. The normalized spacial score (nSPS) is 14.0. The lowest BCUT2D eigenvalue weighted by atomic mass is 9.35. The third-order valence-electron chi connectivity index (χ3n) is 14.3. The standard InChI is InChI=1S/C54H29B2N3S2/c1-2-12-30(13-3-1)57-45-28-49-39(55-37-18-8-16-33-31-14-4-6-20-41(31)58(53(33)37)43-22-10-24-47(60-49)51(43)55)26-35(45)36-27-40-50(29-46(36)57)61-48-25-11-23-44-52(48)56(40)38-19-9-17-34-32-15-5-7-21-42(32)59(44)54(34)38/h1-29H. The number of para-hydroxylation sites is 5. The molecule has 16 rings (SSSR count). The van der Waals surface area contributed by atoms with Crippen molar-refractivity contribution >= 4 is 135 Å². The Balaban J connectivity index is 1.01. The first-order valence-electron chi connectivity index (χ1n) is 21.2. The van der Waals surface area contributed by atoms with Gasteiger partial charge in [0, 0.05) is 80.0 Å². The van der Waals surface area contributed by atoms with E-state index in [1.807, 2.05) is 23.5 Å². The van der Waals surface area contributed by atoms with Gasteiger partial charge in [-0.2, -0.15) is 0 Å². The number of hydrogen-bond acceptors (Lipinski definition) is 2. The Morgan fingerprint density at radius 1 is 0.311 bits per heavy atom. The van der Waals surface area contributed by atoms with E-state index in [9.17, 15) is 0 Å². The van der Waals surface area contributed by atoms with Crippen LogP contribution in [0.3, 0.4) is 0 Å². The van der Waals surface area contributed by atoms with Crippen LogP contribution in [0, 0.1) is 0 Å². The van der Waals surface area contributed by atoms with E-state index >= 15 is 0 Å². The van der Waals surface area contributed by atoms with Gasteiger partial charge in [-0.3, -0.25) is 0 Å². The zero-order chi connectivity index (χ0) is 39.2. The Morgan fingerprint density at radius 2 is 0.770 bits per heavy atom. The lowest BCUT2D eigenvalue weighted by molar-refractivity contribution is 1.16. The lowest BCUT2D eigenvalue weighted by Crippen LogP contribution is -2.58. The van der Waals surface area contributed by atoms with Crippen LogP contribution in [-0.2, 0) is 0 Å². The van der Waals surface area contributed by atoms with Crippen molar-refractivity contribution in [1.82, 2.24) is 13.7 Å². The highest BCUT2D eigenvalue weighted by Gasteiger charge is 2.42. The van der Waals surface area contributed by atoms with Crippen LogP contribution >= 0.6 is 23.5 Å². The number of benzene rings is 9. The van der Waals surface area contributed by atoms with E-state index in [-0.39, 0.29) is 13.4 Å². The molecular weight excluding hydrogens is 776 g/mol. The van der Waals surface area contributed by atoms with Gasteiger partial charge in [0.15, 0.2) is 0 Å². The lowest BCUT2D eigenvalue weighted by Gasteiger charge is -2.33. The van der Waals surface area contributed by atoms with Crippen LogP contribution in [0.5, 0.6) is 0 Å². The average molecular weight is 806 g/mol. The van der Waals surface area contributed by atoms with Crippen molar-refractivity contribution in [3.8, 4) is 17.1 Å². The van der Waals surface area contributed by atoms with E-state index in [4.69, 9.17) is 0 Å². The summed E-state index contributed by atoms with van der Waals surface area (Å²) in [6, 6.07) is 67.0. The number of fused-ring (bicyclic) bond motifs is 17. The molecule has 0 fully saturated rings. The molecule has 4 aliphatic rings. The Labute approximate surface area is 359 Å². The molecule has 0 saturated heterocycles. The van der Waals surface area contributed by atoms with Crippen molar-refractivity contribution in [1.29, 1.82) is 0 Å². The summed E-state index contributed by atoms with van der Waals surface area (Å²) in [5, 5.41) is 7.92. The second-order valence-electron chi connectivity index (χ2n) is 17.1. The predicted octanol–water partition coefficient (Wildman–Crippen LogP) is 9.57. The predicted molar refractivity (Wildman–Crippen MR) is 260 cm³/mol. The summed E-state index contributed by atoms with van der Waals surface area (Å²) >= 11 is 3.88. The molecular formula is C54H29B2N3S2. The topological polar surface area (TPSA) is 14.8 Å². The molecule has 12 aromatic rings.